The number of para-hydroxylation sites is 1. The maximum atomic E-state index is 11.7. The van der Waals surface area contributed by atoms with E-state index in [0.717, 1.165) is 5.69 Å². The summed E-state index contributed by atoms with van der Waals surface area (Å²) in [6.07, 6.45) is 0. The van der Waals surface area contributed by atoms with Crippen LogP contribution in [0.1, 0.15) is 5.56 Å². The average molecular weight is 246 g/mol. The molecule has 1 aliphatic rings. The summed E-state index contributed by atoms with van der Waals surface area (Å²) in [4.78, 5) is 11.7. The van der Waals surface area contributed by atoms with Gasteiger partial charge in [-0.05, 0) is 12.1 Å². The van der Waals surface area contributed by atoms with Gasteiger partial charge >= 0.3 is 5.97 Å². The number of nitriles is 1. The van der Waals surface area contributed by atoms with Gasteiger partial charge in [0.05, 0.1) is 31.6 Å². The molecule has 0 aromatic heterocycles. The van der Waals surface area contributed by atoms with Gasteiger partial charge in [-0.15, -0.1) is 0 Å². The summed E-state index contributed by atoms with van der Waals surface area (Å²) in [7, 11) is 1.37. The Morgan fingerprint density at radius 2 is 2.28 bits per heavy atom. The zero-order valence-corrected chi connectivity index (χ0v) is 10.1. The molecule has 0 spiro atoms. The van der Waals surface area contributed by atoms with E-state index in [-0.39, 0.29) is 5.97 Å². The second-order valence-electron chi connectivity index (χ2n) is 4.28. The van der Waals surface area contributed by atoms with E-state index in [2.05, 4.69) is 11.4 Å². The van der Waals surface area contributed by atoms with Crippen LogP contribution < -0.4 is 5.32 Å². The van der Waals surface area contributed by atoms with Gasteiger partial charge in [0.2, 0.25) is 0 Å². The molecule has 1 saturated heterocycles. The first kappa shape index (κ1) is 12.4. The molecule has 0 bridgehead atoms. The smallest absolute Gasteiger partial charge is 0.318 e. The first-order valence-corrected chi connectivity index (χ1v) is 5.61. The summed E-state index contributed by atoms with van der Waals surface area (Å²) in [6.45, 7) is 1.10. The summed E-state index contributed by atoms with van der Waals surface area (Å²) in [6, 6.07) is 9.27. The zero-order chi connectivity index (χ0) is 13.0. The van der Waals surface area contributed by atoms with Crippen LogP contribution in [0.5, 0.6) is 0 Å². The Morgan fingerprint density at radius 1 is 1.56 bits per heavy atom. The van der Waals surface area contributed by atoms with Gasteiger partial charge in [0, 0.05) is 6.54 Å². The maximum absolute atomic E-state index is 11.7. The van der Waals surface area contributed by atoms with E-state index in [1.807, 2.05) is 12.1 Å². The van der Waals surface area contributed by atoms with Crippen LogP contribution in [0.2, 0.25) is 0 Å². The topological polar surface area (TPSA) is 71.3 Å². The number of benzene rings is 1. The van der Waals surface area contributed by atoms with Gasteiger partial charge in [0.15, 0.2) is 0 Å². The van der Waals surface area contributed by atoms with Gasteiger partial charge in [-0.2, -0.15) is 5.26 Å². The molecular formula is C13H14N2O3. The molecule has 18 heavy (non-hydrogen) atoms. The van der Waals surface area contributed by atoms with E-state index < -0.39 is 5.41 Å². The van der Waals surface area contributed by atoms with Gasteiger partial charge in [-0.3, -0.25) is 4.79 Å². The number of hydrogen-bond acceptors (Lipinski definition) is 5. The summed E-state index contributed by atoms with van der Waals surface area (Å²) in [5, 5.41) is 12.1. The molecule has 0 saturated carbocycles. The van der Waals surface area contributed by atoms with Crippen molar-refractivity contribution in [3.8, 4) is 6.07 Å². The molecule has 0 radical (unpaired) electrons. The van der Waals surface area contributed by atoms with Crippen LogP contribution >= 0.6 is 0 Å². The van der Waals surface area contributed by atoms with Crippen molar-refractivity contribution in [2.24, 2.45) is 5.41 Å². The molecule has 1 N–H and O–H groups in total. The van der Waals surface area contributed by atoms with Gasteiger partial charge in [0.25, 0.3) is 0 Å². The van der Waals surface area contributed by atoms with Crippen LogP contribution in [-0.4, -0.2) is 32.8 Å². The third-order valence-corrected chi connectivity index (χ3v) is 3.04. The largest absolute Gasteiger partial charge is 0.468 e. The lowest BCUT2D eigenvalue weighted by Gasteiger charge is -2.38. The normalized spacial score (nSPS) is 16.2. The van der Waals surface area contributed by atoms with Crippen LogP contribution in [0.4, 0.5) is 5.69 Å². The summed E-state index contributed by atoms with van der Waals surface area (Å²) < 4.78 is 9.88. The molecule has 0 amide bonds. The number of hydrogen-bond donors (Lipinski definition) is 1. The molecule has 1 aromatic rings. The third kappa shape index (κ3) is 2.15. The molecule has 1 aromatic carbocycles. The van der Waals surface area contributed by atoms with Gasteiger partial charge < -0.3 is 14.8 Å². The second kappa shape index (κ2) is 5.07. The fraction of sp³-hybridized carbons (Fsp3) is 0.385. The molecular weight excluding hydrogens is 232 g/mol. The minimum absolute atomic E-state index is 0.282. The molecule has 2 rings (SSSR count). The average Bonchev–Trinajstić information content (AvgIpc) is 2.37. The van der Waals surface area contributed by atoms with E-state index in [4.69, 9.17) is 14.7 Å². The number of ether oxygens (including phenoxy) is 2. The molecule has 0 unspecified atom stereocenters. The van der Waals surface area contributed by atoms with E-state index in [0.29, 0.717) is 25.3 Å². The maximum Gasteiger partial charge on any atom is 0.318 e. The molecule has 5 nitrogen and oxygen atoms in total. The highest BCUT2D eigenvalue weighted by Gasteiger charge is 2.47. The van der Waals surface area contributed by atoms with Crippen molar-refractivity contribution < 1.29 is 14.3 Å². The first-order valence-electron chi connectivity index (χ1n) is 5.61. The van der Waals surface area contributed by atoms with Crippen molar-refractivity contribution in [1.82, 2.24) is 0 Å². The lowest BCUT2D eigenvalue weighted by molar-refractivity contribution is -0.180. The van der Waals surface area contributed by atoms with Gasteiger partial charge in [-0.1, -0.05) is 12.1 Å². The highest BCUT2D eigenvalue weighted by Crippen LogP contribution is 2.29. The van der Waals surface area contributed by atoms with Crippen molar-refractivity contribution in [2.75, 3.05) is 32.2 Å². The van der Waals surface area contributed by atoms with E-state index >= 15 is 0 Å². The van der Waals surface area contributed by atoms with Crippen molar-refractivity contribution in [3.63, 3.8) is 0 Å². The Balaban J connectivity index is 2.07. The lowest BCUT2D eigenvalue weighted by atomic mass is 9.86. The van der Waals surface area contributed by atoms with Crippen LogP contribution in [0.3, 0.4) is 0 Å². The SMILES string of the molecule is COC(=O)C1(CNc2ccccc2C#N)COC1. The van der Waals surface area contributed by atoms with E-state index in [1.165, 1.54) is 7.11 Å². The van der Waals surface area contributed by atoms with Crippen molar-refractivity contribution in [1.29, 1.82) is 5.26 Å². The van der Waals surface area contributed by atoms with Crippen molar-refractivity contribution >= 4 is 11.7 Å². The first-order chi connectivity index (χ1) is 8.72. The van der Waals surface area contributed by atoms with Crippen LogP contribution in [0.25, 0.3) is 0 Å². The summed E-state index contributed by atoms with van der Waals surface area (Å²) in [5.74, 6) is -0.282. The minimum atomic E-state index is -0.628. The fourth-order valence-corrected chi connectivity index (χ4v) is 1.86. The lowest BCUT2D eigenvalue weighted by Crippen LogP contribution is -2.54. The third-order valence-electron chi connectivity index (χ3n) is 3.04. The predicted molar refractivity (Wildman–Crippen MR) is 64.9 cm³/mol. The number of anilines is 1. The molecule has 5 heteroatoms. The Bertz CT molecular complexity index is 489. The molecule has 1 heterocycles. The van der Waals surface area contributed by atoms with Crippen LogP contribution in [0.15, 0.2) is 24.3 Å². The number of rotatable bonds is 4. The number of nitrogens with zero attached hydrogens (tertiary/aromatic N) is 1. The molecule has 0 atom stereocenters. The number of carbonyl (C=O) groups is 1. The quantitative estimate of drug-likeness (QED) is 0.807. The minimum Gasteiger partial charge on any atom is -0.468 e. The number of esters is 1. The predicted octanol–water partition coefficient (Wildman–Crippen LogP) is 1.16. The standard InChI is InChI=1S/C13H14N2O3/c1-17-12(16)13(8-18-9-13)7-15-11-5-3-2-4-10(11)6-14/h2-5,15H,7-9H2,1H3. The Hall–Kier alpha value is -2.06. The van der Waals surface area contributed by atoms with Gasteiger partial charge in [-0.25, -0.2) is 0 Å². The molecule has 1 fully saturated rings. The zero-order valence-electron chi connectivity index (χ0n) is 10.1. The van der Waals surface area contributed by atoms with Crippen molar-refractivity contribution in [3.05, 3.63) is 29.8 Å². The summed E-state index contributed by atoms with van der Waals surface area (Å²) in [5.41, 5.74) is 0.644. The second-order valence-corrected chi connectivity index (χ2v) is 4.28. The van der Waals surface area contributed by atoms with E-state index in [1.54, 1.807) is 12.1 Å². The molecule has 0 aliphatic carbocycles. The highest BCUT2D eigenvalue weighted by atomic mass is 16.5. The summed E-state index contributed by atoms with van der Waals surface area (Å²) >= 11 is 0. The van der Waals surface area contributed by atoms with E-state index in [9.17, 15) is 4.79 Å². The number of carbonyl (C=O) groups excluding carboxylic acids is 1. The van der Waals surface area contributed by atoms with Crippen molar-refractivity contribution in [2.45, 2.75) is 0 Å². The monoisotopic (exact) mass is 246 g/mol. The van der Waals surface area contributed by atoms with Crippen LogP contribution in [-0.2, 0) is 14.3 Å². The fourth-order valence-electron chi connectivity index (χ4n) is 1.86. The number of nitrogens with one attached hydrogen (secondary N) is 1. The Morgan fingerprint density at radius 3 is 2.83 bits per heavy atom. The Labute approximate surface area is 105 Å². The number of methoxy groups -OCH3 is 1. The Kier molecular flexibility index (Phi) is 3.49. The molecule has 1 aliphatic heterocycles. The van der Waals surface area contributed by atoms with Gasteiger partial charge in [0.1, 0.15) is 11.5 Å². The van der Waals surface area contributed by atoms with Crippen LogP contribution in [0, 0.1) is 16.7 Å². The molecule has 94 valence electrons. The highest BCUT2D eigenvalue weighted by molar-refractivity contribution is 5.79.